The number of para-hydroxylation sites is 1. The summed E-state index contributed by atoms with van der Waals surface area (Å²) >= 11 is 17.0. The minimum atomic E-state index is -0.492. The molecule has 5 nitrogen and oxygen atoms in total. The third kappa shape index (κ3) is 6.29. The number of thiocarbonyl (C=S) groups is 1. The van der Waals surface area contributed by atoms with Crippen LogP contribution in [-0.4, -0.2) is 17.3 Å². The zero-order valence-corrected chi connectivity index (χ0v) is 17.3. The monoisotopic (exact) mass is 443 g/mol. The summed E-state index contributed by atoms with van der Waals surface area (Å²) in [5.41, 5.74) is 4.45. The highest BCUT2D eigenvalue weighted by Crippen LogP contribution is 2.19. The number of hydrogen-bond donors (Lipinski definition) is 2. The molecule has 0 spiro atoms. The zero-order valence-electron chi connectivity index (χ0n) is 14.9. The number of carbonyl (C=O) groups excluding carboxylic acids is 1. The first-order valence-electron chi connectivity index (χ1n) is 8.44. The van der Waals surface area contributed by atoms with Crippen molar-refractivity contribution in [1.29, 1.82) is 0 Å². The molecule has 29 heavy (non-hydrogen) atoms. The molecule has 0 bridgehead atoms. The number of nitrogens with one attached hydrogen (secondary N) is 2. The fourth-order valence-electron chi connectivity index (χ4n) is 2.31. The molecule has 0 atom stereocenters. The molecule has 8 heteroatoms. The van der Waals surface area contributed by atoms with Crippen LogP contribution in [0.1, 0.15) is 15.9 Å². The quantitative estimate of drug-likeness (QED) is 0.178. The SMILES string of the molecule is O=C(Oc1ccccc1/C=N/NC(=S)Nc1cccc(Cl)c1)c1ccc(Cl)cc1. The molecule has 3 aromatic carbocycles. The molecule has 3 aromatic rings. The van der Waals surface area contributed by atoms with Crippen LogP contribution in [0.4, 0.5) is 5.69 Å². The molecule has 0 aliphatic rings. The van der Waals surface area contributed by atoms with Gasteiger partial charge in [0, 0.05) is 21.3 Å². The topological polar surface area (TPSA) is 62.7 Å². The van der Waals surface area contributed by atoms with Crippen molar-refractivity contribution in [2.24, 2.45) is 5.10 Å². The van der Waals surface area contributed by atoms with Gasteiger partial charge in [0.25, 0.3) is 0 Å². The molecule has 0 heterocycles. The maximum Gasteiger partial charge on any atom is 0.343 e. The van der Waals surface area contributed by atoms with E-state index in [4.69, 9.17) is 40.2 Å². The number of halogens is 2. The predicted molar refractivity (Wildman–Crippen MR) is 121 cm³/mol. The first-order chi connectivity index (χ1) is 14.0. The van der Waals surface area contributed by atoms with Crippen molar-refractivity contribution in [3.63, 3.8) is 0 Å². The number of hydrogen-bond acceptors (Lipinski definition) is 4. The van der Waals surface area contributed by atoms with Crippen LogP contribution < -0.4 is 15.5 Å². The summed E-state index contributed by atoms with van der Waals surface area (Å²) in [4.78, 5) is 12.3. The Labute approximate surface area is 183 Å². The second-order valence-electron chi connectivity index (χ2n) is 5.77. The van der Waals surface area contributed by atoms with E-state index in [0.29, 0.717) is 32.0 Å². The summed E-state index contributed by atoms with van der Waals surface area (Å²) in [5.74, 6) is -0.125. The van der Waals surface area contributed by atoms with Gasteiger partial charge in [0.1, 0.15) is 5.75 Å². The van der Waals surface area contributed by atoms with Gasteiger partial charge in [-0.15, -0.1) is 0 Å². The molecule has 2 N–H and O–H groups in total. The van der Waals surface area contributed by atoms with E-state index in [9.17, 15) is 4.79 Å². The largest absolute Gasteiger partial charge is 0.422 e. The van der Waals surface area contributed by atoms with Crippen LogP contribution in [0.3, 0.4) is 0 Å². The van der Waals surface area contributed by atoms with Crippen LogP contribution in [0.5, 0.6) is 5.75 Å². The van der Waals surface area contributed by atoms with Gasteiger partial charge in [-0.05, 0) is 66.8 Å². The Balaban J connectivity index is 1.63. The second kappa shape index (κ2) is 10.0. The van der Waals surface area contributed by atoms with Crippen LogP contribution in [-0.2, 0) is 0 Å². The molecule has 0 saturated heterocycles. The summed E-state index contributed by atoms with van der Waals surface area (Å²) < 4.78 is 5.47. The first-order valence-corrected chi connectivity index (χ1v) is 9.60. The van der Waals surface area contributed by atoms with Crippen molar-refractivity contribution in [3.8, 4) is 5.75 Å². The van der Waals surface area contributed by atoms with Crippen LogP contribution in [0.2, 0.25) is 10.0 Å². The number of nitrogens with zero attached hydrogens (tertiary/aromatic N) is 1. The second-order valence-corrected chi connectivity index (χ2v) is 7.05. The molecular weight excluding hydrogens is 429 g/mol. The summed E-state index contributed by atoms with van der Waals surface area (Å²) in [6.45, 7) is 0. The maximum atomic E-state index is 12.3. The van der Waals surface area contributed by atoms with E-state index in [2.05, 4.69) is 15.8 Å². The smallest absolute Gasteiger partial charge is 0.343 e. The molecule has 0 aromatic heterocycles. The summed E-state index contributed by atoms with van der Waals surface area (Å²) in [5, 5.41) is 8.49. The lowest BCUT2D eigenvalue weighted by Gasteiger charge is -2.08. The van der Waals surface area contributed by atoms with Gasteiger partial charge in [0.2, 0.25) is 0 Å². The van der Waals surface area contributed by atoms with E-state index < -0.39 is 5.97 Å². The Morgan fingerprint density at radius 1 is 0.966 bits per heavy atom. The standard InChI is InChI=1S/C21H15Cl2N3O2S/c22-16-10-8-14(9-11-16)20(27)28-19-7-2-1-4-15(19)13-24-26-21(29)25-18-6-3-5-17(23)12-18/h1-13H,(H2,25,26,29)/b24-13+. The lowest BCUT2D eigenvalue weighted by molar-refractivity contribution is 0.0734. The van der Waals surface area contributed by atoms with Gasteiger partial charge < -0.3 is 10.1 Å². The highest BCUT2D eigenvalue weighted by molar-refractivity contribution is 7.80. The fourth-order valence-corrected chi connectivity index (χ4v) is 2.80. The van der Waals surface area contributed by atoms with E-state index in [1.54, 1.807) is 54.6 Å². The van der Waals surface area contributed by atoms with E-state index in [1.807, 2.05) is 18.2 Å². The minimum absolute atomic E-state index is 0.291. The molecular formula is C21H15Cl2N3O2S. The van der Waals surface area contributed by atoms with Crippen molar-refractivity contribution in [2.45, 2.75) is 0 Å². The van der Waals surface area contributed by atoms with E-state index >= 15 is 0 Å². The number of hydrazone groups is 1. The third-order valence-corrected chi connectivity index (χ3v) is 4.33. The average molecular weight is 444 g/mol. The first kappa shape index (κ1) is 20.8. The molecule has 146 valence electrons. The number of benzene rings is 3. The van der Waals surface area contributed by atoms with Gasteiger partial charge in [0.15, 0.2) is 5.11 Å². The summed E-state index contributed by atoms with van der Waals surface area (Å²) in [7, 11) is 0. The average Bonchev–Trinajstić information content (AvgIpc) is 2.70. The van der Waals surface area contributed by atoms with Gasteiger partial charge >= 0.3 is 5.97 Å². The van der Waals surface area contributed by atoms with Gasteiger partial charge in [-0.1, -0.05) is 41.4 Å². The van der Waals surface area contributed by atoms with Gasteiger partial charge in [-0.25, -0.2) is 4.79 Å². The Morgan fingerprint density at radius 3 is 2.48 bits per heavy atom. The molecule has 3 rings (SSSR count). The highest BCUT2D eigenvalue weighted by atomic mass is 35.5. The Bertz CT molecular complexity index is 1060. The van der Waals surface area contributed by atoms with Crippen molar-refractivity contribution < 1.29 is 9.53 Å². The Morgan fingerprint density at radius 2 is 1.72 bits per heavy atom. The van der Waals surface area contributed by atoms with Crippen molar-refractivity contribution in [2.75, 3.05) is 5.32 Å². The molecule has 0 aliphatic carbocycles. The lowest BCUT2D eigenvalue weighted by atomic mass is 10.2. The van der Waals surface area contributed by atoms with E-state index in [0.717, 1.165) is 5.69 Å². The van der Waals surface area contributed by atoms with Crippen molar-refractivity contribution in [1.82, 2.24) is 5.43 Å². The summed E-state index contributed by atoms with van der Waals surface area (Å²) in [6, 6.07) is 20.6. The summed E-state index contributed by atoms with van der Waals surface area (Å²) in [6.07, 6.45) is 1.51. The van der Waals surface area contributed by atoms with E-state index in [-0.39, 0.29) is 0 Å². The van der Waals surface area contributed by atoms with E-state index in [1.165, 1.54) is 6.21 Å². The van der Waals surface area contributed by atoms with Crippen LogP contribution in [0.25, 0.3) is 0 Å². The van der Waals surface area contributed by atoms with Gasteiger partial charge in [-0.3, -0.25) is 5.43 Å². The molecule has 0 saturated carbocycles. The van der Waals surface area contributed by atoms with Gasteiger partial charge in [-0.2, -0.15) is 5.10 Å². The van der Waals surface area contributed by atoms with Gasteiger partial charge in [0.05, 0.1) is 11.8 Å². The maximum absolute atomic E-state index is 12.3. The zero-order chi connectivity index (χ0) is 20.6. The fraction of sp³-hybridized carbons (Fsp3) is 0. The van der Waals surface area contributed by atoms with Crippen LogP contribution in [0.15, 0.2) is 77.9 Å². The Kier molecular flexibility index (Phi) is 7.19. The molecule has 0 fully saturated rings. The number of rotatable bonds is 5. The number of carbonyl (C=O) groups is 1. The van der Waals surface area contributed by atoms with Crippen molar-refractivity contribution >= 4 is 58.4 Å². The molecule has 0 radical (unpaired) electrons. The van der Waals surface area contributed by atoms with Crippen LogP contribution in [0, 0.1) is 0 Å². The normalized spacial score (nSPS) is 10.6. The minimum Gasteiger partial charge on any atom is -0.422 e. The number of esters is 1. The van der Waals surface area contributed by atoms with Crippen LogP contribution >= 0.6 is 35.4 Å². The highest BCUT2D eigenvalue weighted by Gasteiger charge is 2.10. The predicted octanol–water partition coefficient (Wildman–Crippen LogP) is 5.53. The Hall–Kier alpha value is -2.93. The number of ether oxygens (including phenoxy) is 1. The van der Waals surface area contributed by atoms with Crippen molar-refractivity contribution in [3.05, 3.63) is 94.0 Å². The molecule has 0 amide bonds. The third-order valence-electron chi connectivity index (χ3n) is 3.65. The molecule has 0 aliphatic heterocycles. The lowest BCUT2D eigenvalue weighted by Crippen LogP contribution is -2.23. The number of anilines is 1. The molecule has 0 unspecified atom stereocenters.